The van der Waals surface area contributed by atoms with Gasteiger partial charge in [0.25, 0.3) is 0 Å². The van der Waals surface area contributed by atoms with E-state index in [0.29, 0.717) is 23.5 Å². The van der Waals surface area contributed by atoms with E-state index in [1.165, 1.54) is 0 Å². The van der Waals surface area contributed by atoms with E-state index >= 15 is 0 Å². The summed E-state index contributed by atoms with van der Waals surface area (Å²) in [5, 5.41) is 0. The second-order valence-electron chi connectivity index (χ2n) is 3.22. The van der Waals surface area contributed by atoms with Gasteiger partial charge >= 0.3 is 0 Å². The lowest BCUT2D eigenvalue weighted by molar-refractivity contribution is 0.661. The molecular formula is C8H14ClN7. The Balaban J connectivity index is 0.00000128. The fourth-order valence-corrected chi connectivity index (χ4v) is 1.41. The van der Waals surface area contributed by atoms with Gasteiger partial charge in [0.2, 0.25) is 5.95 Å². The number of halogens is 1. The SMILES string of the molecule is Cl.NCCCn1cnc2c(N)nc(N)nc21. The summed E-state index contributed by atoms with van der Waals surface area (Å²) in [5.41, 5.74) is 17.9. The molecule has 0 fully saturated rings. The number of hydrogen-bond donors (Lipinski definition) is 3. The highest BCUT2D eigenvalue weighted by Gasteiger charge is 2.09. The molecule has 0 aliphatic rings. The second-order valence-corrected chi connectivity index (χ2v) is 3.22. The van der Waals surface area contributed by atoms with Crippen molar-refractivity contribution in [2.75, 3.05) is 18.0 Å². The second kappa shape index (κ2) is 4.95. The van der Waals surface area contributed by atoms with E-state index in [4.69, 9.17) is 17.2 Å². The average molecular weight is 244 g/mol. The normalized spacial score (nSPS) is 10.3. The van der Waals surface area contributed by atoms with Crippen LogP contribution in [0.3, 0.4) is 0 Å². The van der Waals surface area contributed by atoms with Crippen molar-refractivity contribution in [3.63, 3.8) is 0 Å². The molecule has 2 rings (SSSR count). The van der Waals surface area contributed by atoms with Gasteiger partial charge in [0.15, 0.2) is 11.5 Å². The summed E-state index contributed by atoms with van der Waals surface area (Å²) in [7, 11) is 0. The van der Waals surface area contributed by atoms with Crippen molar-refractivity contribution in [2.45, 2.75) is 13.0 Å². The Morgan fingerprint density at radius 1 is 1.25 bits per heavy atom. The minimum Gasteiger partial charge on any atom is -0.382 e. The van der Waals surface area contributed by atoms with Crippen molar-refractivity contribution in [3.8, 4) is 0 Å². The van der Waals surface area contributed by atoms with Crippen molar-refractivity contribution in [3.05, 3.63) is 6.33 Å². The predicted molar refractivity (Wildman–Crippen MR) is 65.1 cm³/mol. The number of nitrogen functional groups attached to an aromatic ring is 2. The monoisotopic (exact) mass is 243 g/mol. The molecule has 0 bridgehead atoms. The molecule has 0 aromatic carbocycles. The van der Waals surface area contributed by atoms with Crippen LogP contribution in [-0.4, -0.2) is 26.1 Å². The summed E-state index contributed by atoms with van der Waals surface area (Å²) in [6.45, 7) is 1.37. The van der Waals surface area contributed by atoms with Gasteiger partial charge in [-0.05, 0) is 13.0 Å². The Morgan fingerprint density at radius 3 is 2.69 bits per heavy atom. The number of imidazole rings is 1. The Bertz CT molecular complexity index is 480. The summed E-state index contributed by atoms with van der Waals surface area (Å²) in [6, 6.07) is 0. The topological polar surface area (TPSA) is 122 Å². The molecule has 0 spiro atoms. The molecule has 7 nitrogen and oxygen atoms in total. The molecule has 2 aromatic heterocycles. The zero-order chi connectivity index (χ0) is 10.8. The van der Waals surface area contributed by atoms with Crippen LogP contribution in [0.2, 0.25) is 0 Å². The van der Waals surface area contributed by atoms with Gasteiger partial charge in [0.1, 0.15) is 5.52 Å². The van der Waals surface area contributed by atoms with E-state index in [2.05, 4.69) is 15.0 Å². The standard InChI is InChI=1S/C8H13N7.ClH/c9-2-1-3-15-4-12-5-6(10)13-8(11)14-7(5)15;/h4H,1-3,9H2,(H4,10,11,13,14);1H. The van der Waals surface area contributed by atoms with Crippen molar-refractivity contribution < 1.29 is 0 Å². The summed E-state index contributed by atoms with van der Waals surface area (Å²) in [5.74, 6) is 0.471. The van der Waals surface area contributed by atoms with Crippen LogP contribution in [0.5, 0.6) is 0 Å². The first kappa shape index (κ1) is 12.5. The Hall–Kier alpha value is -1.60. The van der Waals surface area contributed by atoms with Gasteiger partial charge in [-0.15, -0.1) is 12.4 Å². The number of nitrogens with two attached hydrogens (primary N) is 3. The maximum absolute atomic E-state index is 5.67. The maximum atomic E-state index is 5.67. The maximum Gasteiger partial charge on any atom is 0.224 e. The number of anilines is 2. The summed E-state index contributed by atoms with van der Waals surface area (Å²) in [4.78, 5) is 12.1. The average Bonchev–Trinajstić information content (AvgIpc) is 2.58. The Kier molecular flexibility index (Phi) is 3.86. The molecule has 0 saturated heterocycles. The first-order valence-corrected chi connectivity index (χ1v) is 4.66. The minimum atomic E-state index is 0. The molecule has 88 valence electrons. The molecule has 16 heavy (non-hydrogen) atoms. The number of aryl methyl sites for hydroxylation is 1. The Labute approximate surface area is 98.5 Å². The Morgan fingerprint density at radius 2 is 2.00 bits per heavy atom. The number of hydrogen-bond acceptors (Lipinski definition) is 6. The summed E-state index contributed by atoms with van der Waals surface area (Å²) in [6.07, 6.45) is 2.53. The van der Waals surface area contributed by atoms with E-state index in [1.54, 1.807) is 6.33 Å². The van der Waals surface area contributed by atoms with Crippen LogP contribution in [0.4, 0.5) is 11.8 Å². The lowest BCUT2D eigenvalue weighted by Gasteiger charge is -2.02. The van der Waals surface area contributed by atoms with Gasteiger partial charge in [0.05, 0.1) is 6.33 Å². The largest absolute Gasteiger partial charge is 0.382 e. The van der Waals surface area contributed by atoms with Crippen LogP contribution in [0.15, 0.2) is 6.33 Å². The van der Waals surface area contributed by atoms with Crippen LogP contribution in [0, 0.1) is 0 Å². The van der Waals surface area contributed by atoms with E-state index in [9.17, 15) is 0 Å². The van der Waals surface area contributed by atoms with Gasteiger partial charge < -0.3 is 21.8 Å². The number of aromatic nitrogens is 4. The molecule has 2 heterocycles. The summed E-state index contributed by atoms with van der Waals surface area (Å²) >= 11 is 0. The molecule has 0 atom stereocenters. The summed E-state index contributed by atoms with van der Waals surface area (Å²) < 4.78 is 1.87. The van der Waals surface area contributed by atoms with Gasteiger partial charge in [0, 0.05) is 6.54 Å². The van der Waals surface area contributed by atoms with Gasteiger partial charge in [-0.3, -0.25) is 0 Å². The molecule has 0 unspecified atom stereocenters. The lowest BCUT2D eigenvalue weighted by atomic mass is 10.4. The van der Waals surface area contributed by atoms with E-state index in [1.807, 2.05) is 4.57 Å². The quantitative estimate of drug-likeness (QED) is 0.684. The van der Waals surface area contributed by atoms with Crippen LogP contribution >= 0.6 is 12.4 Å². The van der Waals surface area contributed by atoms with Crippen molar-refractivity contribution in [2.24, 2.45) is 5.73 Å². The lowest BCUT2D eigenvalue weighted by Crippen LogP contribution is -2.07. The molecule has 2 aromatic rings. The van der Waals surface area contributed by atoms with Crippen molar-refractivity contribution >= 4 is 35.3 Å². The van der Waals surface area contributed by atoms with Gasteiger partial charge in [-0.25, -0.2) is 4.98 Å². The number of nitrogens with zero attached hydrogens (tertiary/aromatic N) is 4. The molecule has 8 heteroatoms. The fraction of sp³-hybridized carbons (Fsp3) is 0.375. The third-order valence-electron chi connectivity index (χ3n) is 2.11. The highest BCUT2D eigenvalue weighted by Crippen LogP contribution is 2.16. The van der Waals surface area contributed by atoms with Gasteiger partial charge in [-0.2, -0.15) is 9.97 Å². The first-order chi connectivity index (χ1) is 7.22. The molecule has 0 radical (unpaired) electrons. The third-order valence-corrected chi connectivity index (χ3v) is 2.11. The number of rotatable bonds is 3. The zero-order valence-corrected chi connectivity index (χ0v) is 9.44. The molecular weight excluding hydrogens is 230 g/mol. The van der Waals surface area contributed by atoms with Crippen molar-refractivity contribution in [1.82, 2.24) is 19.5 Å². The predicted octanol–water partition coefficient (Wildman–Crippen LogP) is -0.239. The smallest absolute Gasteiger partial charge is 0.224 e. The van der Waals surface area contributed by atoms with Crippen LogP contribution < -0.4 is 17.2 Å². The van der Waals surface area contributed by atoms with Crippen LogP contribution in [0.25, 0.3) is 11.2 Å². The van der Waals surface area contributed by atoms with Crippen molar-refractivity contribution in [1.29, 1.82) is 0 Å². The van der Waals surface area contributed by atoms with Crippen LogP contribution in [-0.2, 0) is 6.54 Å². The third kappa shape index (κ3) is 2.15. The van der Waals surface area contributed by atoms with E-state index in [0.717, 1.165) is 13.0 Å². The molecule has 6 N–H and O–H groups in total. The fourth-order valence-electron chi connectivity index (χ4n) is 1.41. The minimum absolute atomic E-state index is 0. The highest BCUT2D eigenvalue weighted by molar-refractivity contribution is 5.85. The van der Waals surface area contributed by atoms with E-state index in [-0.39, 0.29) is 18.4 Å². The molecule has 0 amide bonds. The van der Waals surface area contributed by atoms with Gasteiger partial charge in [-0.1, -0.05) is 0 Å². The zero-order valence-electron chi connectivity index (χ0n) is 8.63. The first-order valence-electron chi connectivity index (χ1n) is 4.66. The number of fused-ring (bicyclic) bond motifs is 1. The highest BCUT2D eigenvalue weighted by atomic mass is 35.5. The molecule has 0 aliphatic heterocycles. The molecule has 0 saturated carbocycles. The van der Waals surface area contributed by atoms with E-state index < -0.39 is 0 Å². The van der Waals surface area contributed by atoms with Crippen LogP contribution in [0.1, 0.15) is 6.42 Å². The molecule has 0 aliphatic carbocycles.